The van der Waals surface area contributed by atoms with E-state index in [2.05, 4.69) is 31.4 Å². The van der Waals surface area contributed by atoms with Crippen LogP contribution in [0.2, 0.25) is 0 Å². The van der Waals surface area contributed by atoms with Gasteiger partial charge < -0.3 is 0 Å². The SMILES string of the molecule is Fc1ccc(/C=N/Nc2ccccn2)cc1Br. The number of hydrogen-bond acceptors (Lipinski definition) is 3. The minimum absolute atomic E-state index is 0.292. The Balaban J connectivity index is 2.03. The topological polar surface area (TPSA) is 37.3 Å². The molecule has 2 aromatic rings. The molecule has 1 N–H and O–H groups in total. The van der Waals surface area contributed by atoms with Gasteiger partial charge >= 0.3 is 0 Å². The monoisotopic (exact) mass is 293 g/mol. The molecule has 3 nitrogen and oxygen atoms in total. The first-order valence-electron chi connectivity index (χ1n) is 4.91. The Morgan fingerprint density at radius 1 is 1.29 bits per heavy atom. The van der Waals surface area contributed by atoms with E-state index in [0.29, 0.717) is 10.3 Å². The average molecular weight is 294 g/mol. The minimum Gasteiger partial charge on any atom is -0.261 e. The van der Waals surface area contributed by atoms with Gasteiger partial charge in [0.1, 0.15) is 11.6 Å². The van der Waals surface area contributed by atoms with Crippen LogP contribution < -0.4 is 5.43 Å². The molecule has 1 heterocycles. The molecular formula is C12H9BrFN3. The largest absolute Gasteiger partial charge is 0.261 e. The molecule has 0 saturated heterocycles. The highest BCUT2D eigenvalue weighted by atomic mass is 79.9. The molecule has 5 heteroatoms. The van der Waals surface area contributed by atoms with Crippen molar-refractivity contribution in [2.45, 2.75) is 0 Å². The predicted molar refractivity (Wildman–Crippen MR) is 69.6 cm³/mol. The van der Waals surface area contributed by atoms with Gasteiger partial charge in [0.2, 0.25) is 0 Å². The Kier molecular flexibility index (Phi) is 3.82. The average Bonchev–Trinajstić information content (AvgIpc) is 2.35. The van der Waals surface area contributed by atoms with Crippen LogP contribution in [0, 0.1) is 5.82 Å². The molecular weight excluding hydrogens is 285 g/mol. The van der Waals surface area contributed by atoms with Crippen molar-refractivity contribution in [1.82, 2.24) is 4.98 Å². The number of nitrogens with one attached hydrogen (secondary N) is 1. The molecule has 0 fully saturated rings. The third-order valence-corrected chi connectivity index (χ3v) is 2.61. The maximum absolute atomic E-state index is 13.0. The van der Waals surface area contributed by atoms with Crippen LogP contribution >= 0.6 is 15.9 Å². The van der Waals surface area contributed by atoms with E-state index in [4.69, 9.17) is 0 Å². The fourth-order valence-electron chi connectivity index (χ4n) is 1.19. The van der Waals surface area contributed by atoms with E-state index in [1.807, 2.05) is 12.1 Å². The van der Waals surface area contributed by atoms with Crippen LogP contribution in [0.15, 0.2) is 52.2 Å². The lowest BCUT2D eigenvalue weighted by molar-refractivity contribution is 0.621. The molecule has 86 valence electrons. The Bertz CT molecular complexity index is 529. The summed E-state index contributed by atoms with van der Waals surface area (Å²) in [4.78, 5) is 4.05. The molecule has 0 spiro atoms. The molecule has 1 aromatic carbocycles. The number of nitrogens with zero attached hydrogens (tertiary/aromatic N) is 2. The highest BCUT2D eigenvalue weighted by Crippen LogP contribution is 2.15. The summed E-state index contributed by atoms with van der Waals surface area (Å²) in [6.07, 6.45) is 3.27. The third-order valence-electron chi connectivity index (χ3n) is 2.00. The molecule has 1 aromatic heterocycles. The molecule has 0 amide bonds. The Hall–Kier alpha value is -1.75. The van der Waals surface area contributed by atoms with Crippen LogP contribution in [0.1, 0.15) is 5.56 Å². The molecule has 17 heavy (non-hydrogen) atoms. The van der Waals surface area contributed by atoms with Gasteiger partial charge in [-0.3, -0.25) is 5.43 Å². The normalized spacial score (nSPS) is 10.7. The highest BCUT2D eigenvalue weighted by molar-refractivity contribution is 9.10. The Morgan fingerprint density at radius 2 is 2.18 bits per heavy atom. The summed E-state index contributed by atoms with van der Waals surface area (Å²) in [5, 5.41) is 4.00. The fourth-order valence-corrected chi connectivity index (χ4v) is 1.59. The van der Waals surface area contributed by atoms with Gasteiger partial charge in [-0.15, -0.1) is 0 Å². The van der Waals surface area contributed by atoms with E-state index < -0.39 is 0 Å². The molecule has 0 atom stereocenters. The third kappa shape index (κ3) is 3.35. The van der Waals surface area contributed by atoms with Gasteiger partial charge in [0.15, 0.2) is 0 Å². The van der Waals surface area contributed by atoms with E-state index in [1.54, 1.807) is 30.6 Å². The summed E-state index contributed by atoms with van der Waals surface area (Å²) >= 11 is 3.11. The van der Waals surface area contributed by atoms with Crippen molar-refractivity contribution in [2.75, 3.05) is 5.43 Å². The number of hydrazone groups is 1. The lowest BCUT2D eigenvalue weighted by Gasteiger charge is -1.98. The fraction of sp³-hybridized carbons (Fsp3) is 0. The van der Waals surface area contributed by atoms with Gasteiger partial charge in [-0.2, -0.15) is 5.10 Å². The van der Waals surface area contributed by atoms with Crippen LogP contribution in [0.4, 0.5) is 10.2 Å². The zero-order chi connectivity index (χ0) is 12.1. The molecule has 0 aliphatic rings. The van der Waals surface area contributed by atoms with E-state index in [0.717, 1.165) is 5.56 Å². The van der Waals surface area contributed by atoms with Crippen molar-refractivity contribution in [3.8, 4) is 0 Å². The second kappa shape index (κ2) is 5.54. The van der Waals surface area contributed by atoms with Crippen molar-refractivity contribution < 1.29 is 4.39 Å². The van der Waals surface area contributed by atoms with E-state index in [9.17, 15) is 4.39 Å². The lowest BCUT2D eigenvalue weighted by Crippen LogP contribution is -1.92. The number of pyridine rings is 1. The van der Waals surface area contributed by atoms with Crippen molar-refractivity contribution in [2.24, 2.45) is 5.10 Å². The molecule has 0 radical (unpaired) electrons. The van der Waals surface area contributed by atoms with Crippen LogP contribution in [0.25, 0.3) is 0 Å². The quantitative estimate of drug-likeness (QED) is 0.695. The zero-order valence-electron chi connectivity index (χ0n) is 8.77. The number of halogens is 2. The number of hydrogen-bond donors (Lipinski definition) is 1. The van der Waals surface area contributed by atoms with Gasteiger partial charge in [-0.1, -0.05) is 12.1 Å². The van der Waals surface area contributed by atoms with Gasteiger partial charge in [-0.25, -0.2) is 9.37 Å². The second-order valence-electron chi connectivity index (χ2n) is 3.26. The summed E-state index contributed by atoms with van der Waals surface area (Å²) in [6.45, 7) is 0. The van der Waals surface area contributed by atoms with Crippen LogP contribution in [-0.4, -0.2) is 11.2 Å². The minimum atomic E-state index is -0.292. The maximum atomic E-state index is 13.0. The summed E-state index contributed by atoms with van der Waals surface area (Å²) in [7, 11) is 0. The van der Waals surface area contributed by atoms with Gasteiger partial charge in [0.25, 0.3) is 0 Å². The first kappa shape index (κ1) is 11.7. The van der Waals surface area contributed by atoms with Gasteiger partial charge in [-0.05, 0) is 45.8 Å². The predicted octanol–water partition coefficient (Wildman–Crippen LogP) is 3.43. The molecule has 0 aliphatic heterocycles. The number of aromatic nitrogens is 1. The Morgan fingerprint density at radius 3 is 2.88 bits per heavy atom. The van der Waals surface area contributed by atoms with Crippen molar-refractivity contribution in [3.63, 3.8) is 0 Å². The number of anilines is 1. The van der Waals surface area contributed by atoms with Crippen molar-refractivity contribution in [1.29, 1.82) is 0 Å². The molecule has 0 saturated carbocycles. The highest BCUT2D eigenvalue weighted by Gasteiger charge is 1.97. The zero-order valence-corrected chi connectivity index (χ0v) is 10.4. The lowest BCUT2D eigenvalue weighted by atomic mass is 10.2. The molecule has 0 bridgehead atoms. The van der Waals surface area contributed by atoms with Crippen LogP contribution in [0.3, 0.4) is 0 Å². The molecule has 0 aliphatic carbocycles. The van der Waals surface area contributed by atoms with Gasteiger partial charge in [0, 0.05) is 6.20 Å². The first-order valence-corrected chi connectivity index (χ1v) is 5.70. The van der Waals surface area contributed by atoms with Crippen molar-refractivity contribution >= 4 is 28.0 Å². The maximum Gasteiger partial charge on any atom is 0.146 e. The standard InChI is InChI=1S/C12H9BrFN3/c13-10-7-9(4-5-11(10)14)8-16-17-12-3-1-2-6-15-12/h1-8H,(H,15,17)/b16-8+. The molecule has 0 unspecified atom stereocenters. The second-order valence-corrected chi connectivity index (χ2v) is 4.11. The summed E-state index contributed by atoms with van der Waals surface area (Å²) in [5.41, 5.74) is 3.57. The summed E-state index contributed by atoms with van der Waals surface area (Å²) in [5.74, 6) is 0.366. The van der Waals surface area contributed by atoms with E-state index in [1.165, 1.54) is 6.07 Å². The van der Waals surface area contributed by atoms with Crippen LogP contribution in [-0.2, 0) is 0 Å². The van der Waals surface area contributed by atoms with Gasteiger partial charge in [0.05, 0.1) is 10.7 Å². The smallest absolute Gasteiger partial charge is 0.146 e. The van der Waals surface area contributed by atoms with E-state index >= 15 is 0 Å². The first-order chi connectivity index (χ1) is 8.25. The molecule has 2 rings (SSSR count). The van der Waals surface area contributed by atoms with E-state index in [-0.39, 0.29) is 5.82 Å². The number of rotatable bonds is 3. The Labute approximate surface area is 107 Å². The summed E-state index contributed by atoms with van der Waals surface area (Å²) < 4.78 is 13.4. The summed E-state index contributed by atoms with van der Waals surface area (Å²) in [6, 6.07) is 10.2. The number of benzene rings is 1. The van der Waals surface area contributed by atoms with Crippen molar-refractivity contribution in [3.05, 3.63) is 58.4 Å². The van der Waals surface area contributed by atoms with Crippen LogP contribution in [0.5, 0.6) is 0 Å².